The van der Waals surface area contributed by atoms with Crippen molar-refractivity contribution >= 4 is 23.4 Å². The van der Waals surface area contributed by atoms with Crippen molar-refractivity contribution in [2.75, 3.05) is 18.2 Å². The second-order valence-electron chi connectivity index (χ2n) is 6.92. The molecule has 0 bridgehead atoms. The van der Waals surface area contributed by atoms with Crippen LogP contribution in [0.25, 0.3) is 0 Å². The molecule has 3 aromatic rings. The zero-order valence-corrected chi connectivity index (χ0v) is 18.7. The summed E-state index contributed by atoms with van der Waals surface area (Å²) < 4.78 is 12.9. The Morgan fingerprint density at radius 1 is 1.16 bits per heavy atom. The number of ether oxygens (including phenoxy) is 2. The predicted molar refractivity (Wildman–Crippen MR) is 123 cm³/mol. The Hall–Kier alpha value is -3.26. The van der Waals surface area contributed by atoms with Crippen molar-refractivity contribution in [2.24, 2.45) is 0 Å². The van der Waals surface area contributed by atoms with Crippen LogP contribution in [0, 0.1) is 13.8 Å². The molecule has 1 heterocycles. The molecule has 0 saturated carbocycles. The van der Waals surface area contributed by atoms with Gasteiger partial charge in [-0.1, -0.05) is 30.0 Å². The number of carbonyl (C=O) groups excluding carboxylic acids is 1. The summed E-state index contributed by atoms with van der Waals surface area (Å²) >= 11 is 1.33. The van der Waals surface area contributed by atoms with E-state index in [1.807, 2.05) is 60.9 Å². The number of aryl methyl sites for hydroxylation is 2. The fourth-order valence-electron chi connectivity index (χ4n) is 2.85. The summed E-state index contributed by atoms with van der Waals surface area (Å²) in [7, 11) is 1.62. The van der Waals surface area contributed by atoms with Crippen LogP contribution in [0.2, 0.25) is 0 Å². The summed E-state index contributed by atoms with van der Waals surface area (Å²) in [5.74, 6) is 2.26. The van der Waals surface area contributed by atoms with E-state index in [1.54, 1.807) is 13.2 Å². The van der Waals surface area contributed by atoms with Crippen LogP contribution in [0.4, 0.5) is 5.69 Å². The first-order valence-corrected chi connectivity index (χ1v) is 10.8. The Morgan fingerprint density at radius 2 is 1.90 bits per heavy atom. The number of nitrogens with one attached hydrogen (secondary N) is 1. The Labute approximate surface area is 186 Å². The average molecular weight is 439 g/mol. The van der Waals surface area contributed by atoms with Crippen molar-refractivity contribution < 1.29 is 14.3 Å². The molecule has 0 spiro atoms. The van der Waals surface area contributed by atoms with E-state index in [1.165, 1.54) is 11.8 Å². The van der Waals surface area contributed by atoms with Gasteiger partial charge in [0.15, 0.2) is 11.0 Å². The van der Waals surface area contributed by atoms with Gasteiger partial charge in [-0.05, 0) is 55.3 Å². The van der Waals surface area contributed by atoms with Gasteiger partial charge in [0.2, 0.25) is 5.91 Å². The molecule has 31 heavy (non-hydrogen) atoms. The third-order valence-electron chi connectivity index (χ3n) is 4.53. The summed E-state index contributed by atoms with van der Waals surface area (Å²) in [5, 5.41) is 12.1. The summed E-state index contributed by atoms with van der Waals surface area (Å²) in [4.78, 5) is 12.4. The second kappa shape index (κ2) is 10.7. The fraction of sp³-hybridized carbons (Fsp3) is 0.261. The number of methoxy groups -OCH3 is 1. The van der Waals surface area contributed by atoms with E-state index in [0.717, 1.165) is 22.6 Å². The fourth-order valence-corrected chi connectivity index (χ4v) is 3.62. The first kappa shape index (κ1) is 22.4. The molecule has 0 fully saturated rings. The quantitative estimate of drug-likeness (QED) is 0.373. The summed E-state index contributed by atoms with van der Waals surface area (Å²) in [5.41, 5.74) is 2.95. The van der Waals surface area contributed by atoms with Crippen molar-refractivity contribution in [1.82, 2.24) is 14.8 Å². The Morgan fingerprint density at radius 3 is 2.61 bits per heavy atom. The van der Waals surface area contributed by atoms with Gasteiger partial charge in [-0.15, -0.1) is 16.8 Å². The van der Waals surface area contributed by atoms with E-state index < -0.39 is 0 Å². The largest absolute Gasteiger partial charge is 0.497 e. The number of aromatic nitrogens is 3. The van der Waals surface area contributed by atoms with Crippen LogP contribution in [0.1, 0.15) is 17.0 Å². The van der Waals surface area contributed by atoms with Gasteiger partial charge in [0.25, 0.3) is 0 Å². The number of amides is 1. The second-order valence-corrected chi connectivity index (χ2v) is 7.86. The van der Waals surface area contributed by atoms with Crippen LogP contribution in [0.15, 0.2) is 60.3 Å². The average Bonchev–Trinajstić information content (AvgIpc) is 3.15. The molecule has 0 radical (unpaired) electrons. The molecule has 3 rings (SSSR count). The van der Waals surface area contributed by atoms with Gasteiger partial charge in [-0.25, -0.2) is 0 Å². The molecule has 0 saturated heterocycles. The highest BCUT2D eigenvalue weighted by Gasteiger charge is 2.15. The Balaban J connectivity index is 1.61. The number of nitrogens with zero attached hydrogens (tertiary/aromatic N) is 3. The van der Waals surface area contributed by atoms with E-state index in [4.69, 9.17) is 9.47 Å². The highest BCUT2D eigenvalue weighted by Crippen LogP contribution is 2.22. The number of rotatable bonds is 10. The number of hydrogen-bond acceptors (Lipinski definition) is 6. The maximum atomic E-state index is 12.4. The molecule has 7 nitrogen and oxygen atoms in total. The van der Waals surface area contributed by atoms with Gasteiger partial charge < -0.3 is 14.8 Å². The standard InChI is InChI=1S/C23H26N4O3S/c1-5-12-27-21(14-30-19-10-8-18(29-4)9-11-19)25-26-23(27)31-15-22(28)24-20-13-16(2)6-7-17(20)3/h5-11,13H,1,12,14-15H2,2-4H3,(H,24,28). The minimum absolute atomic E-state index is 0.0946. The van der Waals surface area contributed by atoms with Crippen LogP contribution in [0.5, 0.6) is 11.5 Å². The number of thioether (sulfide) groups is 1. The van der Waals surface area contributed by atoms with Crippen molar-refractivity contribution in [3.63, 3.8) is 0 Å². The maximum Gasteiger partial charge on any atom is 0.234 e. The highest BCUT2D eigenvalue weighted by molar-refractivity contribution is 7.99. The first-order chi connectivity index (χ1) is 15.0. The lowest BCUT2D eigenvalue weighted by Gasteiger charge is -2.11. The van der Waals surface area contributed by atoms with Crippen LogP contribution in [-0.2, 0) is 17.9 Å². The summed E-state index contributed by atoms with van der Waals surface area (Å²) in [6, 6.07) is 13.3. The van der Waals surface area contributed by atoms with Crippen LogP contribution in [-0.4, -0.2) is 33.5 Å². The monoisotopic (exact) mass is 438 g/mol. The van der Waals surface area contributed by atoms with Gasteiger partial charge in [0.05, 0.1) is 12.9 Å². The molecule has 2 aromatic carbocycles. The number of carbonyl (C=O) groups is 1. The van der Waals surface area contributed by atoms with E-state index >= 15 is 0 Å². The minimum atomic E-state index is -0.0946. The van der Waals surface area contributed by atoms with E-state index in [0.29, 0.717) is 23.3 Å². The van der Waals surface area contributed by atoms with Crippen molar-refractivity contribution in [2.45, 2.75) is 32.2 Å². The molecule has 0 atom stereocenters. The van der Waals surface area contributed by atoms with E-state index in [-0.39, 0.29) is 18.3 Å². The molecule has 0 unspecified atom stereocenters. The topological polar surface area (TPSA) is 78.3 Å². The van der Waals surface area contributed by atoms with Crippen molar-refractivity contribution in [1.29, 1.82) is 0 Å². The molecular formula is C23H26N4O3S. The molecule has 1 aromatic heterocycles. The smallest absolute Gasteiger partial charge is 0.234 e. The summed E-state index contributed by atoms with van der Waals surface area (Å²) in [6.07, 6.45) is 1.76. The minimum Gasteiger partial charge on any atom is -0.497 e. The normalized spacial score (nSPS) is 10.5. The zero-order chi connectivity index (χ0) is 22.2. The van der Waals surface area contributed by atoms with Crippen molar-refractivity contribution in [3.8, 4) is 11.5 Å². The SMILES string of the molecule is C=CCn1c(COc2ccc(OC)cc2)nnc1SCC(=O)Nc1cc(C)ccc1C. The predicted octanol–water partition coefficient (Wildman–Crippen LogP) is 4.40. The third-order valence-corrected chi connectivity index (χ3v) is 5.50. The van der Waals surface area contributed by atoms with Crippen LogP contribution >= 0.6 is 11.8 Å². The van der Waals surface area contributed by atoms with Gasteiger partial charge >= 0.3 is 0 Å². The van der Waals surface area contributed by atoms with Gasteiger partial charge in [-0.3, -0.25) is 9.36 Å². The molecule has 8 heteroatoms. The number of anilines is 1. The first-order valence-electron chi connectivity index (χ1n) is 9.80. The molecular weight excluding hydrogens is 412 g/mol. The number of allylic oxidation sites excluding steroid dienone is 1. The zero-order valence-electron chi connectivity index (χ0n) is 17.9. The molecule has 1 N–H and O–H groups in total. The van der Waals surface area contributed by atoms with Crippen LogP contribution < -0.4 is 14.8 Å². The van der Waals surface area contributed by atoms with E-state index in [9.17, 15) is 4.79 Å². The third kappa shape index (κ3) is 6.11. The summed E-state index contributed by atoms with van der Waals surface area (Å²) in [6.45, 7) is 8.55. The van der Waals surface area contributed by atoms with Crippen LogP contribution in [0.3, 0.4) is 0 Å². The molecule has 162 valence electrons. The molecule has 1 amide bonds. The lowest BCUT2D eigenvalue weighted by molar-refractivity contribution is -0.113. The highest BCUT2D eigenvalue weighted by atomic mass is 32.2. The van der Waals surface area contributed by atoms with E-state index in [2.05, 4.69) is 22.1 Å². The molecule has 0 aliphatic carbocycles. The number of hydrogen-bond donors (Lipinski definition) is 1. The Kier molecular flexibility index (Phi) is 7.72. The van der Waals surface area contributed by atoms with Gasteiger partial charge in [-0.2, -0.15) is 0 Å². The Bertz CT molecular complexity index is 1050. The lowest BCUT2D eigenvalue weighted by atomic mass is 10.1. The number of benzene rings is 2. The van der Waals surface area contributed by atoms with Gasteiger partial charge in [0.1, 0.15) is 18.1 Å². The van der Waals surface area contributed by atoms with Gasteiger partial charge in [0, 0.05) is 12.2 Å². The lowest BCUT2D eigenvalue weighted by Crippen LogP contribution is -2.15. The maximum absolute atomic E-state index is 12.4. The molecule has 0 aliphatic heterocycles. The van der Waals surface area contributed by atoms with Crippen molar-refractivity contribution in [3.05, 3.63) is 72.1 Å². The molecule has 0 aliphatic rings.